The fourth-order valence-corrected chi connectivity index (χ4v) is 0.745. The maximum atomic E-state index is 5.41. The van der Waals surface area contributed by atoms with Crippen LogP contribution in [-0.2, 0) is 11.3 Å². The van der Waals surface area contributed by atoms with E-state index in [0.29, 0.717) is 19.1 Å². The summed E-state index contributed by atoms with van der Waals surface area (Å²) in [7, 11) is 0. The lowest BCUT2D eigenvalue weighted by molar-refractivity contribution is 0.133. The van der Waals surface area contributed by atoms with Crippen molar-refractivity contribution < 1.29 is 4.74 Å². The second kappa shape index (κ2) is 5.04. The molecule has 0 saturated heterocycles. The topological polar surface area (TPSA) is 35.0 Å². The molecule has 0 fully saturated rings. The van der Waals surface area contributed by atoms with E-state index in [2.05, 4.69) is 9.97 Å². The van der Waals surface area contributed by atoms with Crippen LogP contribution >= 0.6 is 11.6 Å². The van der Waals surface area contributed by atoms with Crippen molar-refractivity contribution in [3.05, 3.63) is 24.3 Å². The van der Waals surface area contributed by atoms with E-state index < -0.39 is 0 Å². The molecule has 0 amide bonds. The summed E-state index contributed by atoms with van der Waals surface area (Å²) in [6, 6.07) is 0. The number of alkyl halides is 1. The lowest BCUT2D eigenvalue weighted by Gasteiger charge is -1.98. The van der Waals surface area contributed by atoms with E-state index in [-0.39, 0.29) is 0 Å². The Balaban J connectivity index is 2.28. The first-order valence-electron chi connectivity index (χ1n) is 3.32. The highest BCUT2D eigenvalue weighted by atomic mass is 35.5. The van der Waals surface area contributed by atoms with Crippen LogP contribution in [0.5, 0.6) is 0 Å². The van der Waals surface area contributed by atoms with Gasteiger partial charge in [0.15, 0.2) is 0 Å². The van der Waals surface area contributed by atoms with E-state index in [0.717, 1.165) is 5.69 Å². The minimum atomic E-state index is 0.487. The highest BCUT2D eigenvalue weighted by Gasteiger charge is 1.91. The Hall–Kier alpha value is -0.670. The van der Waals surface area contributed by atoms with Gasteiger partial charge in [-0.1, -0.05) is 0 Å². The molecule has 3 nitrogen and oxygen atoms in total. The highest BCUT2D eigenvalue weighted by molar-refractivity contribution is 6.17. The third kappa shape index (κ3) is 3.30. The number of aromatic nitrogens is 2. The molecule has 1 heterocycles. The number of halogens is 1. The lowest BCUT2D eigenvalue weighted by atomic mass is 10.5. The van der Waals surface area contributed by atoms with E-state index in [1.165, 1.54) is 0 Å². The van der Waals surface area contributed by atoms with E-state index >= 15 is 0 Å². The summed E-state index contributed by atoms with van der Waals surface area (Å²) < 4.78 is 5.13. The molecule has 0 saturated carbocycles. The second-order valence-corrected chi connectivity index (χ2v) is 2.32. The molecule has 0 aliphatic carbocycles. The molecule has 1 rings (SSSR count). The first kappa shape index (κ1) is 8.43. The van der Waals surface area contributed by atoms with Gasteiger partial charge in [-0.3, -0.25) is 9.97 Å². The summed E-state index contributed by atoms with van der Waals surface area (Å²) in [5.74, 6) is 0.514. The Bertz CT molecular complexity index is 193. The quantitative estimate of drug-likeness (QED) is 0.506. The maximum absolute atomic E-state index is 5.41. The Kier molecular flexibility index (Phi) is 3.86. The van der Waals surface area contributed by atoms with Crippen LogP contribution in [0.1, 0.15) is 5.69 Å². The zero-order chi connectivity index (χ0) is 7.94. The molecule has 0 aliphatic rings. The minimum Gasteiger partial charge on any atom is -0.374 e. The lowest BCUT2D eigenvalue weighted by Crippen LogP contribution is -1.98. The van der Waals surface area contributed by atoms with Crippen LogP contribution in [0.3, 0.4) is 0 Å². The van der Waals surface area contributed by atoms with E-state index in [9.17, 15) is 0 Å². The summed E-state index contributed by atoms with van der Waals surface area (Å²) in [6.45, 7) is 1.04. The summed E-state index contributed by atoms with van der Waals surface area (Å²) in [6.07, 6.45) is 4.94. The van der Waals surface area contributed by atoms with Crippen molar-refractivity contribution in [3.8, 4) is 0 Å². The van der Waals surface area contributed by atoms with Crippen molar-refractivity contribution in [2.75, 3.05) is 12.5 Å². The van der Waals surface area contributed by atoms with E-state index in [4.69, 9.17) is 16.3 Å². The number of ether oxygens (including phenoxy) is 1. The molecule has 0 radical (unpaired) electrons. The molecule has 11 heavy (non-hydrogen) atoms. The van der Waals surface area contributed by atoms with Gasteiger partial charge in [0.1, 0.15) is 0 Å². The Morgan fingerprint density at radius 3 is 3.00 bits per heavy atom. The van der Waals surface area contributed by atoms with Gasteiger partial charge in [0, 0.05) is 18.3 Å². The SMILES string of the molecule is ClCCOCc1cnccn1. The van der Waals surface area contributed by atoms with Gasteiger partial charge in [-0.05, 0) is 0 Å². The molecule has 4 heteroatoms. The molecular weight excluding hydrogens is 164 g/mol. The van der Waals surface area contributed by atoms with Crippen molar-refractivity contribution in [2.24, 2.45) is 0 Å². The number of nitrogens with zero attached hydrogens (tertiary/aromatic N) is 2. The van der Waals surface area contributed by atoms with Gasteiger partial charge in [0.25, 0.3) is 0 Å². The van der Waals surface area contributed by atoms with Gasteiger partial charge in [-0.2, -0.15) is 0 Å². The van der Waals surface area contributed by atoms with Crippen molar-refractivity contribution in [1.29, 1.82) is 0 Å². The van der Waals surface area contributed by atoms with Gasteiger partial charge in [0.2, 0.25) is 0 Å². The number of rotatable bonds is 4. The number of hydrogen-bond donors (Lipinski definition) is 0. The summed E-state index contributed by atoms with van der Waals surface area (Å²) in [5.41, 5.74) is 0.831. The molecule has 0 spiro atoms. The molecule has 0 unspecified atom stereocenters. The predicted molar refractivity (Wildman–Crippen MR) is 42.4 cm³/mol. The molecule has 0 aliphatic heterocycles. The van der Waals surface area contributed by atoms with Gasteiger partial charge in [0.05, 0.1) is 25.1 Å². The average Bonchev–Trinajstić information content (AvgIpc) is 2.07. The van der Waals surface area contributed by atoms with Crippen molar-refractivity contribution in [1.82, 2.24) is 9.97 Å². The maximum Gasteiger partial charge on any atom is 0.0904 e. The third-order valence-corrected chi connectivity index (χ3v) is 1.24. The first-order valence-corrected chi connectivity index (χ1v) is 3.85. The third-order valence-electron chi connectivity index (χ3n) is 1.09. The fourth-order valence-electron chi connectivity index (χ4n) is 0.636. The molecule has 0 atom stereocenters. The molecule has 60 valence electrons. The molecule has 1 aromatic heterocycles. The highest BCUT2D eigenvalue weighted by Crippen LogP contribution is 1.93. The van der Waals surface area contributed by atoms with Gasteiger partial charge >= 0.3 is 0 Å². The normalized spacial score (nSPS) is 9.91. The zero-order valence-corrected chi connectivity index (χ0v) is 6.79. The predicted octanol–water partition coefficient (Wildman–Crippen LogP) is 1.23. The van der Waals surface area contributed by atoms with Crippen LogP contribution in [0.2, 0.25) is 0 Å². The van der Waals surface area contributed by atoms with E-state index in [1.807, 2.05) is 0 Å². The zero-order valence-electron chi connectivity index (χ0n) is 6.03. The van der Waals surface area contributed by atoms with Gasteiger partial charge in [-0.15, -0.1) is 11.6 Å². The number of hydrogen-bond acceptors (Lipinski definition) is 3. The Labute approximate surface area is 70.4 Å². The summed E-state index contributed by atoms with van der Waals surface area (Å²) >= 11 is 5.41. The van der Waals surface area contributed by atoms with Crippen LogP contribution in [-0.4, -0.2) is 22.5 Å². The van der Waals surface area contributed by atoms with Crippen molar-refractivity contribution >= 4 is 11.6 Å². The van der Waals surface area contributed by atoms with Crippen LogP contribution < -0.4 is 0 Å². The second-order valence-electron chi connectivity index (χ2n) is 1.94. The summed E-state index contributed by atoms with van der Waals surface area (Å²) in [5, 5.41) is 0. The van der Waals surface area contributed by atoms with Crippen LogP contribution in [0, 0.1) is 0 Å². The Morgan fingerprint density at radius 1 is 1.45 bits per heavy atom. The first-order chi connectivity index (χ1) is 5.43. The molecular formula is C7H9ClN2O. The van der Waals surface area contributed by atoms with Crippen molar-refractivity contribution in [3.63, 3.8) is 0 Å². The monoisotopic (exact) mass is 172 g/mol. The van der Waals surface area contributed by atoms with Crippen LogP contribution in [0.4, 0.5) is 0 Å². The van der Waals surface area contributed by atoms with Crippen LogP contribution in [0.15, 0.2) is 18.6 Å². The fraction of sp³-hybridized carbons (Fsp3) is 0.429. The van der Waals surface area contributed by atoms with Gasteiger partial charge in [-0.25, -0.2) is 0 Å². The van der Waals surface area contributed by atoms with Crippen molar-refractivity contribution in [2.45, 2.75) is 6.61 Å². The summed E-state index contributed by atoms with van der Waals surface area (Å²) in [4.78, 5) is 7.91. The average molecular weight is 173 g/mol. The largest absolute Gasteiger partial charge is 0.374 e. The smallest absolute Gasteiger partial charge is 0.0904 e. The minimum absolute atomic E-state index is 0.487. The van der Waals surface area contributed by atoms with E-state index in [1.54, 1.807) is 18.6 Å². The molecule has 0 aromatic carbocycles. The van der Waals surface area contributed by atoms with Crippen LogP contribution in [0.25, 0.3) is 0 Å². The standard InChI is InChI=1S/C7H9ClN2O/c8-1-4-11-6-7-5-9-2-3-10-7/h2-3,5H,1,4,6H2. The molecule has 0 N–H and O–H groups in total. The van der Waals surface area contributed by atoms with Gasteiger partial charge < -0.3 is 4.74 Å². The Morgan fingerprint density at radius 2 is 2.36 bits per heavy atom. The molecule has 0 bridgehead atoms. The molecule has 1 aromatic rings.